The molecule has 6 nitrogen and oxygen atoms in total. The maximum atomic E-state index is 12.6. The van der Waals surface area contributed by atoms with E-state index in [4.69, 9.17) is 4.74 Å². The van der Waals surface area contributed by atoms with Crippen LogP contribution >= 0.6 is 0 Å². The van der Waals surface area contributed by atoms with E-state index in [-0.39, 0.29) is 23.6 Å². The number of carbonyl (C=O) groups is 1. The number of ether oxygens (including phenoxy) is 1. The van der Waals surface area contributed by atoms with Gasteiger partial charge in [0.15, 0.2) is 0 Å². The highest BCUT2D eigenvalue weighted by molar-refractivity contribution is 5.94. The van der Waals surface area contributed by atoms with Gasteiger partial charge in [-0.25, -0.2) is 0 Å². The summed E-state index contributed by atoms with van der Waals surface area (Å²) in [5.74, 6) is -0.940. The summed E-state index contributed by atoms with van der Waals surface area (Å²) in [6.45, 7) is 4.31. The van der Waals surface area contributed by atoms with Crippen molar-refractivity contribution in [2.24, 2.45) is 5.92 Å². The number of halogens is 3. The third kappa shape index (κ3) is 3.71. The van der Waals surface area contributed by atoms with Crippen molar-refractivity contribution in [2.75, 3.05) is 13.1 Å². The van der Waals surface area contributed by atoms with E-state index in [9.17, 15) is 18.0 Å². The molecule has 3 saturated heterocycles. The third-order valence-corrected chi connectivity index (χ3v) is 5.58. The predicted octanol–water partition coefficient (Wildman–Crippen LogP) is 3.70. The fourth-order valence-electron chi connectivity index (χ4n) is 4.02. The summed E-state index contributed by atoms with van der Waals surface area (Å²) in [6.07, 6.45) is -2.43. The number of fused-ring (bicyclic) bond motifs is 3. The number of rotatable bonds is 4. The lowest BCUT2D eigenvalue weighted by Crippen LogP contribution is -2.62. The smallest absolute Gasteiger partial charge is 0.436 e. The monoisotopic (exact) mass is 395 g/mol. The largest absolute Gasteiger partial charge is 0.452 e. The number of carbonyl (C=O) groups excluding carboxylic acids is 1. The summed E-state index contributed by atoms with van der Waals surface area (Å²) in [5.41, 5.74) is 0.465. The molecule has 2 aromatic rings. The minimum absolute atomic E-state index is 0.127. The predicted molar refractivity (Wildman–Crippen MR) is 93.0 cm³/mol. The van der Waals surface area contributed by atoms with Gasteiger partial charge in [0.2, 0.25) is 5.76 Å². The molecule has 0 aliphatic carbocycles. The lowest BCUT2D eigenvalue weighted by molar-refractivity contribution is -0.155. The van der Waals surface area contributed by atoms with Gasteiger partial charge in [0.05, 0.1) is 6.07 Å². The molecule has 150 valence electrons. The molecule has 2 atom stereocenters. The van der Waals surface area contributed by atoms with Gasteiger partial charge in [-0.2, -0.15) is 13.2 Å². The standard InChI is InChI=1S/C19H20F3N3O3/c1-11-17(12-6-8-25(11)9-7-12)23-18(26)13-2-4-14(5-3-13)27-16-10-15(28-24-16)19(20,21)22/h2-5,10-12,17H,6-9H2,1H3,(H,23,26)/t11-,17-/m0/s1. The number of hydrogen-bond donors (Lipinski definition) is 1. The summed E-state index contributed by atoms with van der Waals surface area (Å²) < 4.78 is 47.0. The molecule has 9 heteroatoms. The van der Waals surface area contributed by atoms with Crippen LogP contribution in [0.15, 0.2) is 34.9 Å². The fourth-order valence-corrected chi connectivity index (χ4v) is 4.02. The Hall–Kier alpha value is -2.55. The molecular formula is C19H20F3N3O3. The molecule has 4 heterocycles. The highest BCUT2D eigenvalue weighted by Gasteiger charge is 2.40. The van der Waals surface area contributed by atoms with E-state index in [1.807, 2.05) is 0 Å². The number of nitrogens with zero attached hydrogens (tertiary/aromatic N) is 2. The normalized spacial score (nSPS) is 26.9. The first-order chi connectivity index (χ1) is 13.3. The zero-order valence-electron chi connectivity index (χ0n) is 15.2. The van der Waals surface area contributed by atoms with E-state index in [2.05, 4.69) is 26.8 Å². The summed E-state index contributed by atoms with van der Waals surface area (Å²) >= 11 is 0. The van der Waals surface area contributed by atoms with Crippen LogP contribution in [-0.4, -0.2) is 41.1 Å². The average Bonchev–Trinajstić information content (AvgIpc) is 3.14. The van der Waals surface area contributed by atoms with Crippen molar-refractivity contribution in [1.29, 1.82) is 0 Å². The Labute approximate surface area is 159 Å². The second-order valence-electron chi connectivity index (χ2n) is 7.27. The van der Waals surface area contributed by atoms with Crippen molar-refractivity contribution < 1.29 is 27.2 Å². The molecule has 1 N–H and O–H groups in total. The van der Waals surface area contributed by atoms with Gasteiger partial charge in [0.25, 0.3) is 11.8 Å². The molecule has 1 aromatic heterocycles. The van der Waals surface area contributed by atoms with Crippen LogP contribution in [0.25, 0.3) is 0 Å². The number of benzene rings is 1. The van der Waals surface area contributed by atoms with Gasteiger partial charge in [-0.05, 0) is 68.2 Å². The Balaban J connectivity index is 1.39. The highest BCUT2D eigenvalue weighted by atomic mass is 19.4. The van der Waals surface area contributed by atoms with Gasteiger partial charge in [-0.1, -0.05) is 0 Å². The second-order valence-corrected chi connectivity index (χ2v) is 7.27. The fraction of sp³-hybridized carbons (Fsp3) is 0.474. The number of alkyl halides is 3. The minimum atomic E-state index is -4.62. The van der Waals surface area contributed by atoms with Gasteiger partial charge >= 0.3 is 6.18 Å². The highest BCUT2D eigenvalue weighted by Crippen LogP contribution is 2.33. The molecule has 3 fully saturated rings. The molecule has 1 aromatic carbocycles. The Morgan fingerprint density at radius 3 is 2.50 bits per heavy atom. The van der Waals surface area contributed by atoms with Crippen molar-refractivity contribution >= 4 is 5.91 Å². The van der Waals surface area contributed by atoms with Crippen LogP contribution in [0.4, 0.5) is 13.2 Å². The Morgan fingerprint density at radius 1 is 1.25 bits per heavy atom. The van der Waals surface area contributed by atoms with Crippen molar-refractivity contribution in [3.8, 4) is 11.6 Å². The molecular weight excluding hydrogens is 375 g/mol. The van der Waals surface area contributed by atoms with Crippen LogP contribution in [0.1, 0.15) is 35.9 Å². The first-order valence-corrected chi connectivity index (χ1v) is 9.18. The minimum Gasteiger partial charge on any atom is -0.436 e. The third-order valence-electron chi connectivity index (χ3n) is 5.58. The number of nitrogens with one attached hydrogen (secondary N) is 1. The molecule has 5 rings (SSSR count). The first-order valence-electron chi connectivity index (χ1n) is 9.18. The van der Waals surface area contributed by atoms with Crippen LogP contribution in [-0.2, 0) is 6.18 Å². The number of aromatic nitrogens is 1. The molecule has 3 aliphatic rings. The van der Waals surface area contributed by atoms with Crippen LogP contribution in [0.5, 0.6) is 11.6 Å². The van der Waals surface area contributed by atoms with Crippen LogP contribution in [0.3, 0.4) is 0 Å². The second kappa shape index (κ2) is 7.12. The Kier molecular flexibility index (Phi) is 4.78. The molecule has 3 aliphatic heterocycles. The molecule has 0 unspecified atom stereocenters. The van der Waals surface area contributed by atoms with Crippen molar-refractivity contribution in [1.82, 2.24) is 15.4 Å². The zero-order valence-corrected chi connectivity index (χ0v) is 15.2. The number of piperidine rings is 3. The number of hydrogen-bond acceptors (Lipinski definition) is 5. The van der Waals surface area contributed by atoms with E-state index in [1.165, 1.54) is 12.1 Å². The van der Waals surface area contributed by atoms with E-state index >= 15 is 0 Å². The van der Waals surface area contributed by atoms with Gasteiger partial charge < -0.3 is 14.6 Å². The summed E-state index contributed by atoms with van der Waals surface area (Å²) in [6, 6.07) is 7.28. The van der Waals surface area contributed by atoms with Crippen molar-refractivity contribution in [2.45, 2.75) is 38.0 Å². The maximum Gasteiger partial charge on any atom is 0.452 e. The van der Waals surface area contributed by atoms with Crippen LogP contribution in [0, 0.1) is 5.92 Å². The molecule has 28 heavy (non-hydrogen) atoms. The zero-order chi connectivity index (χ0) is 19.9. The Bertz CT molecular complexity index is 840. The van der Waals surface area contributed by atoms with Crippen LogP contribution in [0.2, 0.25) is 0 Å². The van der Waals surface area contributed by atoms with E-state index < -0.39 is 11.9 Å². The molecule has 1 amide bonds. The summed E-state index contributed by atoms with van der Waals surface area (Å²) in [7, 11) is 0. The Morgan fingerprint density at radius 2 is 1.93 bits per heavy atom. The molecule has 0 saturated carbocycles. The first kappa shape index (κ1) is 18.8. The van der Waals surface area contributed by atoms with Gasteiger partial charge in [-0.15, -0.1) is 0 Å². The SMILES string of the molecule is C[C@H]1[C@H](NC(=O)c2ccc(Oc3cc(C(F)(F)F)on3)cc2)C2CCN1CC2. The lowest BCUT2D eigenvalue weighted by atomic mass is 9.79. The van der Waals surface area contributed by atoms with Gasteiger partial charge in [-0.3, -0.25) is 9.69 Å². The topological polar surface area (TPSA) is 67.6 Å². The summed E-state index contributed by atoms with van der Waals surface area (Å²) in [5, 5.41) is 6.37. The molecule has 0 spiro atoms. The molecule has 0 radical (unpaired) electrons. The van der Waals surface area contributed by atoms with Gasteiger partial charge in [0, 0.05) is 17.6 Å². The lowest BCUT2D eigenvalue weighted by Gasteiger charge is -2.49. The van der Waals surface area contributed by atoms with Crippen molar-refractivity contribution in [3.63, 3.8) is 0 Å². The number of amides is 1. The molecule has 2 bridgehead atoms. The average molecular weight is 395 g/mol. The van der Waals surface area contributed by atoms with Crippen molar-refractivity contribution in [3.05, 3.63) is 41.7 Å². The van der Waals surface area contributed by atoms with E-state index in [1.54, 1.807) is 12.1 Å². The van der Waals surface area contributed by atoms with E-state index in [0.29, 0.717) is 23.6 Å². The summed E-state index contributed by atoms with van der Waals surface area (Å²) in [4.78, 5) is 15.0. The van der Waals surface area contributed by atoms with E-state index in [0.717, 1.165) is 25.9 Å². The van der Waals surface area contributed by atoms with Gasteiger partial charge in [0.1, 0.15) is 5.75 Å². The quantitative estimate of drug-likeness (QED) is 0.855. The maximum absolute atomic E-state index is 12.6. The van der Waals surface area contributed by atoms with Crippen LogP contribution < -0.4 is 10.1 Å².